The van der Waals surface area contributed by atoms with Crippen LogP contribution < -0.4 is 5.32 Å². The number of halogens is 4. The van der Waals surface area contributed by atoms with Crippen LogP contribution in [0.15, 0.2) is 24.3 Å². The van der Waals surface area contributed by atoms with Gasteiger partial charge in [-0.25, -0.2) is 9.18 Å². The van der Waals surface area contributed by atoms with Gasteiger partial charge in [0.25, 0.3) is 5.91 Å². The first kappa shape index (κ1) is 27.5. The number of carboxylic acid groups (broad SMARTS) is 1. The van der Waals surface area contributed by atoms with Gasteiger partial charge in [-0.3, -0.25) is 9.69 Å². The summed E-state index contributed by atoms with van der Waals surface area (Å²) in [7, 11) is 0. The van der Waals surface area contributed by atoms with E-state index in [4.69, 9.17) is 14.6 Å². The molecule has 2 aliphatic heterocycles. The number of hydrogen-bond acceptors (Lipinski definition) is 6. The van der Waals surface area contributed by atoms with Crippen LogP contribution in [0.4, 0.5) is 17.6 Å². The molecule has 2 aromatic rings. The predicted molar refractivity (Wildman–Crippen MR) is 119 cm³/mol. The minimum atomic E-state index is -5.08. The maximum Gasteiger partial charge on any atom is 0.490 e. The van der Waals surface area contributed by atoms with Gasteiger partial charge in [0.1, 0.15) is 12.4 Å². The molecule has 0 radical (unpaired) electrons. The monoisotopic (exact) mass is 515 g/mol. The molecule has 2 aliphatic rings. The summed E-state index contributed by atoms with van der Waals surface area (Å²) in [5, 5.41) is 18.3. The number of carboxylic acids is 1. The van der Waals surface area contributed by atoms with Crippen molar-refractivity contribution in [2.75, 3.05) is 26.2 Å². The van der Waals surface area contributed by atoms with E-state index in [0.717, 1.165) is 50.3 Å². The number of piperidine rings is 1. The number of benzene rings is 1. The highest BCUT2D eigenvalue weighted by molar-refractivity contribution is 5.90. The highest BCUT2D eigenvalue weighted by Gasteiger charge is 2.39. The van der Waals surface area contributed by atoms with Crippen LogP contribution >= 0.6 is 0 Å². The van der Waals surface area contributed by atoms with Gasteiger partial charge in [0.15, 0.2) is 5.82 Å². The molecule has 1 aromatic heterocycles. The van der Waals surface area contributed by atoms with E-state index in [1.54, 1.807) is 0 Å². The summed E-state index contributed by atoms with van der Waals surface area (Å²) in [6, 6.07) is 6.72. The van der Waals surface area contributed by atoms with Crippen molar-refractivity contribution in [2.45, 2.75) is 52.1 Å². The number of hydrogen-bond donors (Lipinski definition) is 2. The van der Waals surface area contributed by atoms with Crippen LogP contribution in [0.3, 0.4) is 0 Å². The van der Waals surface area contributed by atoms with Crippen LogP contribution in [0.2, 0.25) is 0 Å². The molecular formula is C23H29F4N5O4. The Balaban J connectivity index is 0.000000454. The van der Waals surface area contributed by atoms with Gasteiger partial charge in [-0.15, -0.1) is 10.2 Å². The highest BCUT2D eigenvalue weighted by Crippen LogP contribution is 2.36. The molecule has 0 saturated carbocycles. The molecule has 13 heteroatoms. The second kappa shape index (κ2) is 11.8. The summed E-state index contributed by atoms with van der Waals surface area (Å²) >= 11 is 0. The van der Waals surface area contributed by atoms with Gasteiger partial charge >= 0.3 is 12.1 Å². The second-order valence-corrected chi connectivity index (χ2v) is 8.98. The van der Waals surface area contributed by atoms with Crippen molar-refractivity contribution >= 4 is 11.9 Å². The molecule has 1 amide bonds. The summed E-state index contributed by atoms with van der Waals surface area (Å²) < 4.78 is 52.8. The zero-order valence-corrected chi connectivity index (χ0v) is 19.9. The SMILES string of the molecule is CCCNC(=O)c1nnc2n1CC1(CCN(Cc3ccc(F)cc3)CC1)COC2.O=C(O)C(F)(F)F. The molecule has 1 saturated heterocycles. The second-order valence-electron chi connectivity index (χ2n) is 8.98. The van der Waals surface area contributed by atoms with E-state index in [0.29, 0.717) is 32.1 Å². The Morgan fingerprint density at radius 2 is 1.81 bits per heavy atom. The predicted octanol–water partition coefficient (Wildman–Crippen LogP) is 3.00. The molecule has 0 bridgehead atoms. The Kier molecular flexibility index (Phi) is 9.01. The van der Waals surface area contributed by atoms with Crippen molar-refractivity contribution in [1.82, 2.24) is 25.0 Å². The van der Waals surface area contributed by atoms with Crippen molar-refractivity contribution in [3.05, 3.63) is 47.3 Å². The van der Waals surface area contributed by atoms with Crippen LogP contribution in [0, 0.1) is 11.2 Å². The zero-order valence-electron chi connectivity index (χ0n) is 19.9. The Morgan fingerprint density at radius 3 is 2.39 bits per heavy atom. The summed E-state index contributed by atoms with van der Waals surface area (Å²) in [6.45, 7) is 7.10. The van der Waals surface area contributed by atoms with E-state index >= 15 is 0 Å². The zero-order chi connectivity index (χ0) is 26.3. The maximum atomic E-state index is 13.1. The highest BCUT2D eigenvalue weighted by atomic mass is 19.4. The van der Waals surface area contributed by atoms with Crippen molar-refractivity contribution in [1.29, 1.82) is 0 Å². The lowest BCUT2D eigenvalue weighted by Crippen LogP contribution is -2.44. The molecular weight excluding hydrogens is 486 g/mol. The first-order valence-corrected chi connectivity index (χ1v) is 11.6. The molecule has 3 heterocycles. The average Bonchev–Trinajstić information content (AvgIpc) is 3.13. The number of carbonyl (C=O) groups is 2. The number of nitrogens with zero attached hydrogens (tertiary/aromatic N) is 4. The third-order valence-corrected chi connectivity index (χ3v) is 6.18. The third kappa shape index (κ3) is 7.23. The number of nitrogens with one attached hydrogen (secondary N) is 1. The van der Waals surface area contributed by atoms with Gasteiger partial charge in [0.2, 0.25) is 5.82 Å². The molecule has 0 atom stereocenters. The minimum Gasteiger partial charge on any atom is -0.475 e. The third-order valence-electron chi connectivity index (χ3n) is 6.18. The minimum absolute atomic E-state index is 0.0211. The van der Waals surface area contributed by atoms with E-state index in [9.17, 15) is 22.4 Å². The molecule has 1 fully saturated rings. The molecule has 4 rings (SSSR count). The summed E-state index contributed by atoms with van der Waals surface area (Å²) in [6.07, 6.45) is -2.26. The van der Waals surface area contributed by atoms with Crippen LogP contribution in [0.5, 0.6) is 0 Å². The van der Waals surface area contributed by atoms with Gasteiger partial charge in [0, 0.05) is 25.0 Å². The maximum absolute atomic E-state index is 13.1. The van der Waals surface area contributed by atoms with E-state index in [1.807, 2.05) is 23.6 Å². The number of likely N-dealkylation sites (tertiary alicyclic amines) is 1. The average molecular weight is 516 g/mol. The summed E-state index contributed by atoms with van der Waals surface area (Å²) in [5.74, 6) is -2.03. The van der Waals surface area contributed by atoms with Gasteiger partial charge in [-0.2, -0.15) is 13.2 Å². The molecule has 1 spiro atoms. The van der Waals surface area contributed by atoms with Crippen LogP contribution in [-0.4, -0.2) is 69.1 Å². The lowest BCUT2D eigenvalue weighted by Gasteiger charge is -2.41. The summed E-state index contributed by atoms with van der Waals surface area (Å²) in [5.41, 5.74) is 1.10. The Morgan fingerprint density at radius 1 is 1.17 bits per heavy atom. The smallest absolute Gasteiger partial charge is 0.475 e. The number of amides is 1. The lowest BCUT2D eigenvalue weighted by atomic mass is 9.78. The molecule has 9 nitrogen and oxygen atoms in total. The number of ether oxygens (including phenoxy) is 1. The van der Waals surface area contributed by atoms with Crippen molar-refractivity contribution < 1.29 is 37.0 Å². The van der Waals surface area contributed by atoms with E-state index < -0.39 is 12.1 Å². The summed E-state index contributed by atoms with van der Waals surface area (Å²) in [4.78, 5) is 23.8. The molecule has 36 heavy (non-hydrogen) atoms. The van der Waals surface area contributed by atoms with Gasteiger partial charge in [-0.05, 0) is 50.0 Å². The molecule has 0 unspecified atom stereocenters. The van der Waals surface area contributed by atoms with Gasteiger partial charge < -0.3 is 19.7 Å². The quantitative estimate of drug-likeness (QED) is 0.590. The lowest BCUT2D eigenvalue weighted by molar-refractivity contribution is -0.192. The number of carbonyl (C=O) groups excluding carboxylic acids is 1. The van der Waals surface area contributed by atoms with Gasteiger partial charge in [-0.1, -0.05) is 19.1 Å². The molecule has 0 aliphatic carbocycles. The van der Waals surface area contributed by atoms with Crippen LogP contribution in [0.25, 0.3) is 0 Å². The molecule has 198 valence electrons. The van der Waals surface area contributed by atoms with Crippen molar-refractivity contribution in [2.24, 2.45) is 5.41 Å². The number of alkyl halides is 3. The number of aromatic nitrogens is 3. The van der Waals surface area contributed by atoms with Crippen molar-refractivity contribution in [3.8, 4) is 0 Å². The van der Waals surface area contributed by atoms with E-state index in [1.165, 1.54) is 12.1 Å². The Hall–Kier alpha value is -3.06. The van der Waals surface area contributed by atoms with E-state index in [2.05, 4.69) is 20.4 Å². The topological polar surface area (TPSA) is 110 Å². The standard InChI is InChI=1S/C21H28FN5O2.C2HF3O2/c1-2-9-23-20(28)19-25-24-18-13-29-15-21(14-27(18)19)7-10-26(11-8-21)12-16-3-5-17(22)6-4-16;3-2(4,5)1(6)7/h3-6H,2,7-15H2,1H3,(H,23,28);(H,6,7). The largest absolute Gasteiger partial charge is 0.490 e. The van der Waals surface area contributed by atoms with Gasteiger partial charge in [0.05, 0.1) is 6.61 Å². The first-order valence-electron chi connectivity index (χ1n) is 11.6. The fraction of sp³-hybridized carbons (Fsp3) is 0.565. The normalized spacial score (nSPS) is 17.5. The number of aliphatic carboxylic acids is 1. The fourth-order valence-corrected chi connectivity index (χ4v) is 4.17. The molecule has 2 N–H and O–H groups in total. The number of rotatable bonds is 5. The van der Waals surface area contributed by atoms with E-state index in [-0.39, 0.29) is 17.1 Å². The first-order chi connectivity index (χ1) is 17.0. The fourth-order valence-electron chi connectivity index (χ4n) is 4.17. The number of fused-ring (bicyclic) bond motifs is 1. The van der Waals surface area contributed by atoms with Crippen LogP contribution in [-0.2, 0) is 29.2 Å². The Bertz CT molecular complexity index is 1030. The molecule has 1 aromatic carbocycles. The van der Waals surface area contributed by atoms with Crippen molar-refractivity contribution in [3.63, 3.8) is 0 Å². The Labute approximate surface area is 205 Å². The van der Waals surface area contributed by atoms with Crippen LogP contribution in [0.1, 0.15) is 48.2 Å².